The van der Waals surface area contributed by atoms with E-state index < -0.39 is 12.2 Å². The molecule has 1 unspecified atom stereocenters. The van der Waals surface area contributed by atoms with Crippen molar-refractivity contribution in [2.45, 2.75) is 37.7 Å². The lowest BCUT2D eigenvalue weighted by atomic mass is 9.93. The fraction of sp³-hybridized carbons (Fsp3) is 1.00. The molecule has 4 atom stereocenters. The van der Waals surface area contributed by atoms with Crippen LogP contribution in [-0.4, -0.2) is 42.4 Å². The van der Waals surface area contributed by atoms with Crippen molar-refractivity contribution in [2.24, 2.45) is 0 Å². The zero-order valence-electron chi connectivity index (χ0n) is 6.32. The van der Waals surface area contributed by atoms with E-state index in [2.05, 4.69) is 0 Å². The van der Waals surface area contributed by atoms with Crippen LogP contribution in [0.4, 0.5) is 0 Å². The third-order valence-corrected chi connectivity index (χ3v) is 2.00. The summed E-state index contributed by atoms with van der Waals surface area (Å²) in [5, 5.41) is 18.4. The van der Waals surface area contributed by atoms with Crippen LogP contribution in [0.25, 0.3) is 0 Å². The molecule has 4 heteroatoms. The normalized spacial score (nSPS) is 47.9. The van der Waals surface area contributed by atoms with Gasteiger partial charge in [-0.25, -0.2) is 0 Å². The van der Waals surface area contributed by atoms with E-state index in [1.165, 1.54) is 0 Å². The molecule has 1 rings (SSSR count). The average molecular weight is 144 g/mol. The number of aliphatic hydroxyl groups excluding tert-OH is 2. The van der Waals surface area contributed by atoms with Gasteiger partial charge in [-0.15, -0.1) is 0 Å². The van der Waals surface area contributed by atoms with E-state index >= 15 is 0 Å². The van der Waals surface area contributed by atoms with Crippen LogP contribution in [0, 0.1) is 0 Å². The van der Waals surface area contributed by atoms with Crippen LogP contribution in [0.1, 0.15) is 13.3 Å². The van der Waals surface area contributed by atoms with E-state index in [1.54, 1.807) is 7.85 Å². The molecule has 0 aromatic carbocycles. The van der Waals surface area contributed by atoms with E-state index in [-0.39, 0.29) is 12.1 Å². The van der Waals surface area contributed by atoms with Crippen molar-refractivity contribution < 1.29 is 14.9 Å². The highest BCUT2D eigenvalue weighted by atomic mass is 16.5. The maximum atomic E-state index is 9.25. The molecule has 1 saturated heterocycles. The molecule has 0 aliphatic carbocycles. The molecule has 10 heavy (non-hydrogen) atoms. The average Bonchev–Trinajstić information content (AvgIpc) is 2.17. The molecule has 0 aromatic heterocycles. The summed E-state index contributed by atoms with van der Waals surface area (Å²) in [6.07, 6.45) is -0.822. The predicted molar refractivity (Wildman–Crippen MR) is 39.5 cm³/mol. The van der Waals surface area contributed by atoms with Crippen LogP contribution < -0.4 is 0 Å². The van der Waals surface area contributed by atoms with Crippen LogP contribution in [0.3, 0.4) is 0 Å². The van der Waals surface area contributed by atoms with E-state index in [1.807, 2.05) is 6.92 Å². The van der Waals surface area contributed by atoms with Crippen LogP contribution in [0.5, 0.6) is 0 Å². The molecule has 1 heterocycles. The topological polar surface area (TPSA) is 49.7 Å². The second-order valence-corrected chi connectivity index (χ2v) is 2.77. The van der Waals surface area contributed by atoms with Gasteiger partial charge in [-0.2, -0.15) is 0 Å². The molecular weight excluding hydrogens is 131 g/mol. The maximum Gasteiger partial charge on any atom is 0.142 e. The first kappa shape index (κ1) is 8.05. The third kappa shape index (κ3) is 1.19. The summed E-state index contributed by atoms with van der Waals surface area (Å²) >= 11 is 0. The SMILES string of the molecule is B[C@@H]1O[C@H](CC)[C@H](O)C1O. The number of hydrogen-bond acceptors (Lipinski definition) is 3. The smallest absolute Gasteiger partial charge is 0.142 e. The van der Waals surface area contributed by atoms with Crippen molar-refractivity contribution in [1.29, 1.82) is 0 Å². The Hall–Kier alpha value is -0.0551. The van der Waals surface area contributed by atoms with Crippen LogP contribution in [-0.2, 0) is 4.74 Å². The van der Waals surface area contributed by atoms with Gasteiger partial charge in [0.25, 0.3) is 0 Å². The standard InChI is InChI=1S/C6H13BO3/c1-2-3-4(8)5(9)6(7)10-3/h3-6,8-9H,2,7H2,1H3/t3-,4+,5?,6-/m1/s1. The van der Waals surface area contributed by atoms with Crippen molar-refractivity contribution in [1.82, 2.24) is 0 Å². The van der Waals surface area contributed by atoms with Crippen molar-refractivity contribution >= 4 is 7.85 Å². The lowest BCUT2D eigenvalue weighted by molar-refractivity contribution is 0.0210. The van der Waals surface area contributed by atoms with Gasteiger partial charge >= 0.3 is 0 Å². The minimum absolute atomic E-state index is 0.176. The fourth-order valence-corrected chi connectivity index (χ4v) is 1.27. The summed E-state index contributed by atoms with van der Waals surface area (Å²) in [5.41, 5.74) is 0. The zero-order valence-corrected chi connectivity index (χ0v) is 6.32. The lowest BCUT2D eigenvalue weighted by Crippen LogP contribution is -2.32. The Labute approximate surface area is 61.4 Å². The van der Waals surface area contributed by atoms with Crippen molar-refractivity contribution in [3.05, 3.63) is 0 Å². The minimum atomic E-state index is -0.704. The summed E-state index contributed by atoms with van der Waals surface area (Å²) in [5.74, 6) is 0. The first-order chi connectivity index (χ1) is 4.66. The van der Waals surface area contributed by atoms with Gasteiger partial charge in [-0.1, -0.05) is 6.92 Å². The van der Waals surface area contributed by atoms with Crippen molar-refractivity contribution in [2.75, 3.05) is 0 Å². The number of rotatable bonds is 1. The van der Waals surface area contributed by atoms with Crippen LogP contribution in [0.15, 0.2) is 0 Å². The summed E-state index contributed by atoms with van der Waals surface area (Å²) in [4.78, 5) is 0. The second-order valence-electron chi connectivity index (χ2n) is 2.77. The highest BCUT2D eigenvalue weighted by Crippen LogP contribution is 2.20. The Bertz CT molecular complexity index is 120. The van der Waals surface area contributed by atoms with Crippen LogP contribution >= 0.6 is 0 Å². The van der Waals surface area contributed by atoms with E-state index in [0.717, 1.165) is 6.42 Å². The van der Waals surface area contributed by atoms with Gasteiger partial charge in [0.2, 0.25) is 0 Å². The Morgan fingerprint density at radius 2 is 2.00 bits per heavy atom. The Balaban J connectivity index is 2.53. The van der Waals surface area contributed by atoms with E-state index in [4.69, 9.17) is 4.74 Å². The Morgan fingerprint density at radius 1 is 1.40 bits per heavy atom. The second kappa shape index (κ2) is 2.90. The molecule has 0 radical (unpaired) electrons. The maximum absolute atomic E-state index is 9.25. The number of ether oxygens (including phenoxy) is 1. The van der Waals surface area contributed by atoms with Crippen molar-refractivity contribution in [3.8, 4) is 0 Å². The van der Waals surface area contributed by atoms with Crippen LogP contribution in [0.2, 0.25) is 0 Å². The monoisotopic (exact) mass is 144 g/mol. The highest BCUT2D eigenvalue weighted by molar-refractivity contribution is 6.11. The van der Waals surface area contributed by atoms with Gasteiger partial charge in [0, 0.05) is 0 Å². The zero-order chi connectivity index (χ0) is 7.72. The van der Waals surface area contributed by atoms with E-state index in [0.29, 0.717) is 0 Å². The van der Waals surface area contributed by atoms with Gasteiger partial charge in [-0.3, -0.25) is 0 Å². The predicted octanol–water partition coefficient (Wildman–Crippen LogP) is -1.52. The summed E-state index contributed by atoms with van der Waals surface area (Å²) in [7, 11) is 1.77. The molecule has 0 amide bonds. The summed E-state index contributed by atoms with van der Waals surface area (Å²) < 4.78 is 5.23. The Kier molecular flexibility index (Phi) is 2.34. The molecule has 0 bridgehead atoms. The summed E-state index contributed by atoms with van der Waals surface area (Å²) in [6.45, 7) is 1.93. The molecule has 1 aliphatic rings. The number of aliphatic hydroxyl groups is 2. The molecule has 1 aliphatic heterocycles. The van der Waals surface area contributed by atoms with Gasteiger partial charge in [-0.05, 0) is 6.42 Å². The molecule has 0 aromatic rings. The summed E-state index contributed by atoms with van der Waals surface area (Å²) in [6, 6.07) is -0.222. The van der Waals surface area contributed by atoms with Gasteiger partial charge in [0.05, 0.1) is 12.1 Å². The molecular formula is C6H13BO3. The molecule has 0 saturated carbocycles. The van der Waals surface area contributed by atoms with Gasteiger partial charge in [0.1, 0.15) is 20.1 Å². The Morgan fingerprint density at radius 3 is 2.20 bits per heavy atom. The molecule has 0 spiro atoms. The fourth-order valence-electron chi connectivity index (χ4n) is 1.27. The van der Waals surface area contributed by atoms with Gasteiger partial charge in [0.15, 0.2) is 0 Å². The van der Waals surface area contributed by atoms with Gasteiger partial charge < -0.3 is 14.9 Å². The quantitative estimate of drug-likeness (QED) is 0.439. The highest BCUT2D eigenvalue weighted by Gasteiger charge is 2.38. The van der Waals surface area contributed by atoms with E-state index in [9.17, 15) is 10.2 Å². The molecule has 58 valence electrons. The van der Waals surface area contributed by atoms with Crippen molar-refractivity contribution in [3.63, 3.8) is 0 Å². The molecule has 1 fully saturated rings. The molecule has 3 nitrogen and oxygen atoms in total. The lowest BCUT2D eigenvalue weighted by Gasteiger charge is -2.11. The first-order valence-electron chi connectivity index (χ1n) is 3.68. The first-order valence-corrected chi connectivity index (χ1v) is 3.68. The number of hydrogen-bond donors (Lipinski definition) is 2. The third-order valence-electron chi connectivity index (χ3n) is 2.00. The minimum Gasteiger partial charge on any atom is -0.388 e. The largest absolute Gasteiger partial charge is 0.388 e. The molecule has 2 N–H and O–H groups in total.